The number of hydrogen-bond donors (Lipinski definition) is 0. The Kier molecular flexibility index (Phi) is 5.70. The predicted molar refractivity (Wildman–Crippen MR) is 84.2 cm³/mol. The second-order valence-corrected chi connectivity index (χ2v) is 5.62. The van der Waals surface area contributed by atoms with Crippen LogP contribution in [0, 0.1) is 11.8 Å². The topological polar surface area (TPSA) is 20.3 Å². The lowest BCUT2D eigenvalue weighted by molar-refractivity contribution is -0.170. The fraction of sp³-hybridized carbons (Fsp3) is 0.500. The number of amides is 1. The Morgan fingerprint density at radius 1 is 1.26 bits per heavy atom. The molecule has 1 heterocycles. The zero-order valence-electron chi connectivity index (χ0n) is 13.2. The van der Waals surface area contributed by atoms with E-state index in [1.807, 2.05) is 0 Å². The van der Waals surface area contributed by atoms with Crippen LogP contribution in [0.5, 0.6) is 0 Å². The third-order valence-corrected chi connectivity index (χ3v) is 3.89. The van der Waals surface area contributed by atoms with E-state index in [-0.39, 0.29) is 6.54 Å². The Morgan fingerprint density at radius 2 is 2.04 bits per heavy atom. The molecule has 0 saturated heterocycles. The van der Waals surface area contributed by atoms with Crippen LogP contribution >= 0.6 is 0 Å². The van der Waals surface area contributed by atoms with Crippen LogP contribution in [0.15, 0.2) is 18.2 Å². The molecular formula is C18H20F3NO. The van der Waals surface area contributed by atoms with Crippen molar-refractivity contribution < 1.29 is 18.0 Å². The van der Waals surface area contributed by atoms with Crippen LogP contribution in [0.1, 0.15) is 50.2 Å². The van der Waals surface area contributed by atoms with E-state index in [9.17, 15) is 18.0 Å². The molecule has 0 radical (unpaired) electrons. The lowest BCUT2D eigenvalue weighted by Gasteiger charge is -2.18. The number of unbranched alkanes of at least 4 members (excludes halogenated alkanes) is 4. The number of alkyl halides is 3. The van der Waals surface area contributed by atoms with Crippen molar-refractivity contribution in [2.45, 2.75) is 51.6 Å². The average molecular weight is 323 g/mol. The first kappa shape index (κ1) is 17.4. The summed E-state index contributed by atoms with van der Waals surface area (Å²) in [6.45, 7) is 2.20. The molecule has 5 heteroatoms. The third kappa shape index (κ3) is 4.28. The molecule has 0 saturated carbocycles. The number of carbonyl (C=O) groups excluding carboxylic acids is 1. The second-order valence-electron chi connectivity index (χ2n) is 5.62. The van der Waals surface area contributed by atoms with Crippen LogP contribution in [-0.2, 0) is 11.2 Å². The van der Waals surface area contributed by atoms with Gasteiger partial charge in [-0.3, -0.25) is 4.79 Å². The molecule has 1 aromatic carbocycles. The zero-order valence-corrected chi connectivity index (χ0v) is 13.2. The van der Waals surface area contributed by atoms with E-state index in [1.54, 1.807) is 18.2 Å². The summed E-state index contributed by atoms with van der Waals surface area (Å²) in [4.78, 5) is 12.3. The normalized spacial score (nSPS) is 13.5. The molecule has 1 aromatic rings. The van der Waals surface area contributed by atoms with Crippen LogP contribution in [0.4, 0.5) is 18.9 Å². The van der Waals surface area contributed by atoms with Gasteiger partial charge in [0.1, 0.15) is 0 Å². The maximum Gasteiger partial charge on any atom is 0.471 e. The SMILES string of the molecule is CCCCCCC#Cc1cccc2c1CCN2C(=O)C(F)(F)F. The molecule has 1 amide bonds. The minimum absolute atomic E-state index is 0.0584. The predicted octanol–water partition coefficient (Wildman–Crippen LogP) is 4.46. The van der Waals surface area contributed by atoms with E-state index >= 15 is 0 Å². The summed E-state index contributed by atoms with van der Waals surface area (Å²) in [5.74, 6) is 4.34. The molecule has 0 spiro atoms. The van der Waals surface area contributed by atoms with Gasteiger partial charge in [-0.15, -0.1) is 0 Å². The van der Waals surface area contributed by atoms with Crippen LogP contribution in [0.2, 0.25) is 0 Å². The standard InChI is InChI=1S/C18H20F3NO/c1-2-3-4-5-6-7-9-14-10-8-11-16-15(14)12-13-22(16)17(23)18(19,20)21/h8,10-11H,2-6,12-13H2,1H3. The Morgan fingerprint density at radius 3 is 2.74 bits per heavy atom. The molecule has 0 fully saturated rings. The van der Waals surface area contributed by atoms with Crippen molar-refractivity contribution in [3.8, 4) is 11.8 Å². The van der Waals surface area contributed by atoms with Gasteiger partial charge in [0.25, 0.3) is 0 Å². The molecule has 2 nitrogen and oxygen atoms in total. The molecule has 0 N–H and O–H groups in total. The average Bonchev–Trinajstić information content (AvgIpc) is 2.93. The van der Waals surface area contributed by atoms with Crippen molar-refractivity contribution in [1.29, 1.82) is 0 Å². The summed E-state index contributed by atoms with van der Waals surface area (Å²) in [6.07, 6.45) is 0.898. The van der Waals surface area contributed by atoms with Crippen molar-refractivity contribution in [3.63, 3.8) is 0 Å². The highest BCUT2D eigenvalue weighted by molar-refractivity contribution is 5.99. The van der Waals surface area contributed by atoms with E-state index in [0.717, 1.165) is 35.3 Å². The molecule has 0 atom stereocenters. The molecule has 23 heavy (non-hydrogen) atoms. The molecule has 0 aliphatic carbocycles. The van der Waals surface area contributed by atoms with Gasteiger partial charge in [-0.1, -0.05) is 44.1 Å². The van der Waals surface area contributed by atoms with Crippen molar-refractivity contribution in [1.82, 2.24) is 0 Å². The van der Waals surface area contributed by atoms with Gasteiger partial charge in [-0.05, 0) is 30.5 Å². The quantitative estimate of drug-likeness (QED) is 0.592. The van der Waals surface area contributed by atoms with Gasteiger partial charge in [-0.2, -0.15) is 13.2 Å². The summed E-state index contributed by atoms with van der Waals surface area (Å²) in [5, 5.41) is 0. The highest BCUT2D eigenvalue weighted by atomic mass is 19.4. The van der Waals surface area contributed by atoms with Crippen molar-refractivity contribution in [2.75, 3.05) is 11.4 Å². The smallest absolute Gasteiger partial charge is 0.304 e. The summed E-state index contributed by atoms with van der Waals surface area (Å²) >= 11 is 0. The lowest BCUT2D eigenvalue weighted by Crippen LogP contribution is -2.40. The molecule has 0 unspecified atom stereocenters. The highest BCUT2D eigenvalue weighted by Gasteiger charge is 2.44. The number of fused-ring (bicyclic) bond motifs is 1. The summed E-state index contributed by atoms with van der Waals surface area (Å²) in [6, 6.07) is 5.01. The van der Waals surface area contributed by atoms with Gasteiger partial charge in [-0.25, -0.2) is 0 Å². The lowest BCUT2D eigenvalue weighted by atomic mass is 10.0. The van der Waals surface area contributed by atoms with Gasteiger partial charge in [0.05, 0.1) is 0 Å². The molecule has 0 bridgehead atoms. The van der Waals surface area contributed by atoms with Gasteiger partial charge in [0, 0.05) is 24.2 Å². The number of carbonyl (C=O) groups is 1. The number of nitrogens with zero attached hydrogens (tertiary/aromatic N) is 1. The number of hydrogen-bond acceptors (Lipinski definition) is 1. The molecule has 124 valence electrons. The van der Waals surface area contributed by atoms with E-state index in [0.29, 0.717) is 12.1 Å². The van der Waals surface area contributed by atoms with Gasteiger partial charge in [0.15, 0.2) is 0 Å². The Labute approximate surface area is 134 Å². The monoisotopic (exact) mass is 323 g/mol. The van der Waals surface area contributed by atoms with E-state index < -0.39 is 12.1 Å². The van der Waals surface area contributed by atoms with Gasteiger partial charge < -0.3 is 4.90 Å². The van der Waals surface area contributed by atoms with Gasteiger partial charge in [0.2, 0.25) is 0 Å². The first-order chi connectivity index (χ1) is 10.9. The summed E-state index contributed by atoms with van der Waals surface area (Å²) in [7, 11) is 0. The van der Waals surface area contributed by atoms with E-state index in [1.165, 1.54) is 12.8 Å². The molecule has 1 aliphatic heterocycles. The fourth-order valence-electron chi connectivity index (χ4n) is 2.71. The second kappa shape index (κ2) is 7.54. The minimum atomic E-state index is -4.84. The van der Waals surface area contributed by atoms with E-state index in [4.69, 9.17) is 0 Å². The summed E-state index contributed by atoms with van der Waals surface area (Å²) in [5.41, 5.74) is 1.81. The van der Waals surface area contributed by atoms with Crippen LogP contribution < -0.4 is 4.90 Å². The number of halogens is 3. The Balaban J connectivity index is 2.11. The largest absolute Gasteiger partial charge is 0.471 e. The molecule has 1 aliphatic rings. The number of rotatable bonds is 4. The Hall–Kier alpha value is -1.96. The number of anilines is 1. The van der Waals surface area contributed by atoms with Crippen molar-refractivity contribution in [2.24, 2.45) is 0 Å². The van der Waals surface area contributed by atoms with E-state index in [2.05, 4.69) is 18.8 Å². The van der Waals surface area contributed by atoms with Crippen LogP contribution in [0.25, 0.3) is 0 Å². The first-order valence-electron chi connectivity index (χ1n) is 7.94. The molecular weight excluding hydrogens is 303 g/mol. The molecule has 0 aromatic heterocycles. The van der Waals surface area contributed by atoms with Crippen LogP contribution in [-0.4, -0.2) is 18.6 Å². The van der Waals surface area contributed by atoms with Crippen molar-refractivity contribution in [3.05, 3.63) is 29.3 Å². The van der Waals surface area contributed by atoms with Crippen molar-refractivity contribution >= 4 is 11.6 Å². The minimum Gasteiger partial charge on any atom is -0.304 e. The maximum absolute atomic E-state index is 12.6. The molecule has 2 rings (SSSR count). The Bertz CT molecular complexity index is 625. The number of benzene rings is 1. The van der Waals surface area contributed by atoms with Gasteiger partial charge >= 0.3 is 12.1 Å². The third-order valence-electron chi connectivity index (χ3n) is 3.89. The van der Waals surface area contributed by atoms with Crippen LogP contribution in [0.3, 0.4) is 0 Å². The maximum atomic E-state index is 12.6. The zero-order chi connectivity index (χ0) is 16.9. The first-order valence-corrected chi connectivity index (χ1v) is 7.94. The fourth-order valence-corrected chi connectivity index (χ4v) is 2.71. The summed E-state index contributed by atoms with van der Waals surface area (Å²) < 4.78 is 37.9. The highest BCUT2D eigenvalue weighted by Crippen LogP contribution is 2.33.